The van der Waals surface area contributed by atoms with Crippen LogP contribution in [0, 0.1) is 6.92 Å². The number of carbonyl (C=O) groups is 1. The topological polar surface area (TPSA) is 32.3 Å². The first kappa shape index (κ1) is 13.9. The second-order valence-corrected chi connectivity index (χ2v) is 5.34. The van der Waals surface area contributed by atoms with E-state index in [4.69, 9.17) is 0 Å². The lowest BCUT2D eigenvalue weighted by molar-refractivity contribution is 0.0742. The minimum Gasteiger partial charge on any atom is -0.388 e. The third-order valence-corrected chi connectivity index (χ3v) is 3.89. The van der Waals surface area contributed by atoms with Gasteiger partial charge in [0.1, 0.15) is 0 Å². The summed E-state index contributed by atoms with van der Waals surface area (Å²) < 4.78 is 0. The average molecular weight is 260 g/mol. The van der Waals surface area contributed by atoms with Crippen molar-refractivity contribution in [1.82, 2.24) is 4.90 Å². The van der Waals surface area contributed by atoms with Crippen LogP contribution in [0.15, 0.2) is 18.2 Å². The number of likely N-dealkylation sites (tertiary alicyclic amines) is 1. The van der Waals surface area contributed by atoms with Crippen LogP contribution in [0.5, 0.6) is 0 Å². The van der Waals surface area contributed by atoms with Crippen LogP contribution in [0.25, 0.3) is 0 Å². The number of amides is 1. The SMILES string of the molecule is CNc1ccc(C(=O)N2CCCCCCC2)cc1C. The molecule has 1 aromatic carbocycles. The molecular formula is C16H24N2O. The molecule has 1 aromatic rings. The molecule has 0 saturated carbocycles. The first-order chi connectivity index (χ1) is 9.22. The number of hydrogen-bond donors (Lipinski definition) is 1. The van der Waals surface area contributed by atoms with Gasteiger partial charge in [0.25, 0.3) is 5.91 Å². The molecule has 19 heavy (non-hydrogen) atoms. The third kappa shape index (κ3) is 3.49. The summed E-state index contributed by atoms with van der Waals surface area (Å²) in [7, 11) is 1.90. The van der Waals surface area contributed by atoms with Gasteiger partial charge >= 0.3 is 0 Å². The molecule has 1 N–H and O–H groups in total. The van der Waals surface area contributed by atoms with Crippen molar-refractivity contribution in [3.05, 3.63) is 29.3 Å². The van der Waals surface area contributed by atoms with Crippen molar-refractivity contribution in [2.75, 3.05) is 25.5 Å². The molecule has 1 aliphatic rings. The predicted octanol–water partition coefficient (Wildman–Crippen LogP) is 3.44. The standard InChI is InChI=1S/C16H24N2O/c1-13-12-14(8-9-15(13)17-2)16(19)18-10-6-4-3-5-7-11-18/h8-9,12,17H,3-7,10-11H2,1-2H3. The average Bonchev–Trinajstić information content (AvgIpc) is 2.37. The summed E-state index contributed by atoms with van der Waals surface area (Å²) in [4.78, 5) is 14.5. The van der Waals surface area contributed by atoms with Crippen molar-refractivity contribution in [2.45, 2.75) is 39.0 Å². The van der Waals surface area contributed by atoms with Gasteiger partial charge in [-0.2, -0.15) is 0 Å². The van der Waals surface area contributed by atoms with Crippen molar-refractivity contribution >= 4 is 11.6 Å². The first-order valence-electron chi connectivity index (χ1n) is 7.30. The quantitative estimate of drug-likeness (QED) is 0.883. The Labute approximate surface area is 116 Å². The fourth-order valence-electron chi connectivity index (χ4n) is 2.71. The van der Waals surface area contributed by atoms with Gasteiger partial charge < -0.3 is 10.2 Å². The molecular weight excluding hydrogens is 236 g/mol. The molecule has 1 amide bonds. The Bertz CT molecular complexity index is 434. The maximum Gasteiger partial charge on any atom is 0.253 e. The van der Waals surface area contributed by atoms with Crippen LogP contribution in [0.4, 0.5) is 5.69 Å². The Hall–Kier alpha value is -1.51. The second kappa shape index (κ2) is 6.60. The van der Waals surface area contributed by atoms with Crippen LogP contribution in [0.1, 0.15) is 48.0 Å². The highest BCUT2D eigenvalue weighted by Crippen LogP contribution is 2.18. The van der Waals surface area contributed by atoms with Crippen molar-refractivity contribution in [2.24, 2.45) is 0 Å². The fourth-order valence-corrected chi connectivity index (χ4v) is 2.71. The van der Waals surface area contributed by atoms with E-state index in [1.54, 1.807) is 0 Å². The number of rotatable bonds is 2. The summed E-state index contributed by atoms with van der Waals surface area (Å²) >= 11 is 0. The minimum atomic E-state index is 0.188. The smallest absolute Gasteiger partial charge is 0.253 e. The first-order valence-corrected chi connectivity index (χ1v) is 7.30. The molecule has 104 valence electrons. The highest BCUT2D eigenvalue weighted by atomic mass is 16.2. The monoisotopic (exact) mass is 260 g/mol. The van der Waals surface area contributed by atoms with Gasteiger partial charge in [-0.15, -0.1) is 0 Å². The van der Waals surface area contributed by atoms with E-state index in [-0.39, 0.29) is 5.91 Å². The number of carbonyl (C=O) groups excluding carboxylic acids is 1. The van der Waals surface area contributed by atoms with E-state index >= 15 is 0 Å². The molecule has 3 nitrogen and oxygen atoms in total. The maximum atomic E-state index is 12.5. The van der Waals surface area contributed by atoms with Gasteiger partial charge in [-0.25, -0.2) is 0 Å². The van der Waals surface area contributed by atoms with E-state index in [0.717, 1.165) is 42.7 Å². The van der Waals surface area contributed by atoms with Crippen LogP contribution < -0.4 is 5.32 Å². The van der Waals surface area contributed by atoms with Crippen LogP contribution >= 0.6 is 0 Å². The summed E-state index contributed by atoms with van der Waals surface area (Å²) in [6.45, 7) is 3.85. The summed E-state index contributed by atoms with van der Waals surface area (Å²) in [5, 5.41) is 3.13. The predicted molar refractivity (Wildman–Crippen MR) is 79.7 cm³/mol. The lowest BCUT2D eigenvalue weighted by Gasteiger charge is -2.25. The van der Waals surface area contributed by atoms with E-state index in [2.05, 4.69) is 5.32 Å². The molecule has 0 spiro atoms. The molecule has 0 radical (unpaired) electrons. The van der Waals surface area contributed by atoms with Crippen molar-refractivity contribution in [3.63, 3.8) is 0 Å². The van der Waals surface area contributed by atoms with Gasteiger partial charge in [0.2, 0.25) is 0 Å². The van der Waals surface area contributed by atoms with Gasteiger partial charge in [-0.1, -0.05) is 19.3 Å². The molecule has 2 rings (SSSR count). The maximum absolute atomic E-state index is 12.5. The highest BCUT2D eigenvalue weighted by molar-refractivity contribution is 5.95. The molecule has 0 bridgehead atoms. The number of hydrogen-bond acceptors (Lipinski definition) is 2. The lowest BCUT2D eigenvalue weighted by atomic mass is 10.1. The van der Waals surface area contributed by atoms with Crippen LogP contribution in [-0.4, -0.2) is 30.9 Å². The Morgan fingerprint density at radius 1 is 1.11 bits per heavy atom. The van der Waals surface area contributed by atoms with Gasteiger partial charge in [-0.3, -0.25) is 4.79 Å². The molecule has 0 aromatic heterocycles. The molecule has 0 atom stereocenters. The molecule has 1 fully saturated rings. The molecule has 3 heteroatoms. The highest BCUT2D eigenvalue weighted by Gasteiger charge is 2.17. The Morgan fingerprint density at radius 2 is 1.74 bits per heavy atom. The molecule has 1 saturated heterocycles. The summed E-state index contributed by atoms with van der Waals surface area (Å²) in [6.07, 6.45) is 6.10. The largest absolute Gasteiger partial charge is 0.388 e. The number of aryl methyl sites for hydroxylation is 1. The number of nitrogens with one attached hydrogen (secondary N) is 1. The Balaban J connectivity index is 2.11. The molecule has 1 heterocycles. The fraction of sp³-hybridized carbons (Fsp3) is 0.562. The normalized spacial score (nSPS) is 16.6. The summed E-state index contributed by atoms with van der Waals surface area (Å²) in [6, 6.07) is 5.92. The van der Waals surface area contributed by atoms with Crippen LogP contribution in [-0.2, 0) is 0 Å². The molecule has 1 aliphatic heterocycles. The lowest BCUT2D eigenvalue weighted by Crippen LogP contribution is -2.33. The zero-order valence-corrected chi connectivity index (χ0v) is 12.0. The van der Waals surface area contributed by atoms with Crippen molar-refractivity contribution in [3.8, 4) is 0 Å². The number of nitrogens with zero attached hydrogens (tertiary/aromatic N) is 1. The zero-order chi connectivity index (χ0) is 13.7. The Kier molecular flexibility index (Phi) is 4.83. The van der Waals surface area contributed by atoms with Gasteiger partial charge in [0.05, 0.1) is 0 Å². The van der Waals surface area contributed by atoms with Gasteiger partial charge in [0.15, 0.2) is 0 Å². The Morgan fingerprint density at radius 3 is 2.32 bits per heavy atom. The van der Waals surface area contributed by atoms with Crippen molar-refractivity contribution < 1.29 is 4.79 Å². The second-order valence-electron chi connectivity index (χ2n) is 5.34. The minimum absolute atomic E-state index is 0.188. The van der Waals surface area contributed by atoms with E-state index in [9.17, 15) is 4.79 Å². The van der Waals surface area contributed by atoms with E-state index in [1.165, 1.54) is 19.3 Å². The zero-order valence-electron chi connectivity index (χ0n) is 12.0. The van der Waals surface area contributed by atoms with Crippen molar-refractivity contribution in [1.29, 1.82) is 0 Å². The van der Waals surface area contributed by atoms with E-state index < -0.39 is 0 Å². The number of anilines is 1. The molecule has 0 aliphatic carbocycles. The van der Waals surface area contributed by atoms with Gasteiger partial charge in [-0.05, 0) is 43.5 Å². The van der Waals surface area contributed by atoms with Crippen LogP contribution in [0.2, 0.25) is 0 Å². The number of benzene rings is 1. The summed E-state index contributed by atoms with van der Waals surface area (Å²) in [5.74, 6) is 0.188. The van der Waals surface area contributed by atoms with Gasteiger partial charge in [0, 0.05) is 31.4 Å². The van der Waals surface area contributed by atoms with E-state index in [0.29, 0.717) is 0 Å². The van der Waals surface area contributed by atoms with Crippen LogP contribution in [0.3, 0.4) is 0 Å². The van der Waals surface area contributed by atoms with E-state index in [1.807, 2.05) is 37.1 Å². The third-order valence-electron chi connectivity index (χ3n) is 3.89. The molecule has 0 unspecified atom stereocenters. The summed E-state index contributed by atoms with van der Waals surface area (Å²) in [5.41, 5.74) is 3.03.